The number of amides is 6. The van der Waals surface area contributed by atoms with Crippen LogP contribution in [0.2, 0.25) is 0 Å². The van der Waals surface area contributed by atoms with E-state index >= 15 is 0 Å². The Bertz CT molecular complexity index is 3270. The van der Waals surface area contributed by atoms with Crippen molar-refractivity contribution in [2.45, 2.75) is 121 Å². The highest BCUT2D eigenvalue weighted by atomic mass is 32.2. The Hall–Kier alpha value is -8.08. The van der Waals surface area contributed by atoms with Crippen molar-refractivity contribution in [3.63, 3.8) is 0 Å². The number of ketones is 1. The van der Waals surface area contributed by atoms with Gasteiger partial charge in [-0.05, 0) is 66.1 Å². The number of methoxy groups -OCH3 is 2. The highest BCUT2D eigenvalue weighted by molar-refractivity contribution is 8.02. The van der Waals surface area contributed by atoms with Gasteiger partial charge in [0, 0.05) is 113 Å². The monoisotopic (exact) mass is 1320 g/mol. The summed E-state index contributed by atoms with van der Waals surface area (Å²) in [5, 5.41) is -0.0903. The van der Waals surface area contributed by atoms with Crippen LogP contribution >= 0.6 is 11.8 Å². The molecule has 4 fully saturated rings. The van der Waals surface area contributed by atoms with E-state index in [1.807, 2.05) is 69.1 Å². The van der Waals surface area contributed by atoms with Gasteiger partial charge < -0.3 is 62.2 Å². The van der Waals surface area contributed by atoms with Gasteiger partial charge in [0.05, 0.1) is 118 Å². The molecule has 0 N–H and O–H groups in total. The minimum atomic E-state index is -0.734. The predicted molar refractivity (Wildman–Crippen MR) is 345 cm³/mol. The molecule has 1 aromatic heterocycles. The van der Waals surface area contributed by atoms with Gasteiger partial charge in [0.2, 0.25) is 11.8 Å². The van der Waals surface area contributed by atoms with Crippen molar-refractivity contribution in [1.29, 1.82) is 0 Å². The number of carbonyl (C=O) groups excluding carboxylic acids is 8. The van der Waals surface area contributed by atoms with Crippen LogP contribution in [0.1, 0.15) is 118 Å². The second-order valence-corrected chi connectivity index (χ2v) is 25.8. The number of thioether (sulfide) groups is 1. The van der Waals surface area contributed by atoms with Gasteiger partial charge in [0.1, 0.15) is 31.4 Å². The molecule has 4 saturated heterocycles. The second-order valence-electron chi connectivity index (χ2n) is 23.9. The summed E-state index contributed by atoms with van der Waals surface area (Å²) in [6, 6.07) is 10.0. The van der Waals surface area contributed by atoms with E-state index in [4.69, 9.17) is 62.4 Å². The third-order valence-corrected chi connectivity index (χ3v) is 17.9. The third-order valence-electron chi connectivity index (χ3n) is 16.5. The van der Waals surface area contributed by atoms with Gasteiger partial charge >= 0.3 is 5.97 Å². The number of nitrogens with zero attached hydrogens (tertiary/aromatic N) is 8. The summed E-state index contributed by atoms with van der Waals surface area (Å²) in [5.74, 6) is -0.812. The van der Waals surface area contributed by atoms with Gasteiger partial charge in [-0.3, -0.25) is 53.4 Å². The summed E-state index contributed by atoms with van der Waals surface area (Å²) >= 11 is 1.44. The fourth-order valence-electron chi connectivity index (χ4n) is 11.6. The Morgan fingerprint density at radius 2 is 1.15 bits per heavy atom. The first-order chi connectivity index (χ1) is 45.3. The molecular formula is C67H84N8O18S. The number of rotatable bonds is 36. The van der Waals surface area contributed by atoms with Crippen molar-refractivity contribution in [3.05, 3.63) is 82.2 Å². The summed E-state index contributed by atoms with van der Waals surface area (Å²) in [7, 11) is 4.99. The number of hydrogen-bond donors (Lipinski definition) is 0. The van der Waals surface area contributed by atoms with E-state index in [9.17, 15) is 38.4 Å². The van der Waals surface area contributed by atoms with Crippen molar-refractivity contribution in [3.8, 4) is 28.7 Å². The summed E-state index contributed by atoms with van der Waals surface area (Å²) in [4.78, 5) is 128. The number of aliphatic imine (C=N–C) groups is 2. The van der Waals surface area contributed by atoms with Crippen LogP contribution in [0.3, 0.4) is 0 Å². The highest BCUT2D eigenvalue weighted by Gasteiger charge is 2.43. The number of likely N-dealkylation sites (N-methyl/N-ethyl adjacent to an activating group) is 1. The van der Waals surface area contributed by atoms with Gasteiger partial charge in [-0.15, -0.1) is 16.8 Å². The van der Waals surface area contributed by atoms with Gasteiger partial charge in [-0.25, -0.2) is 4.79 Å². The molecule has 506 valence electrons. The van der Waals surface area contributed by atoms with E-state index in [-0.39, 0.29) is 126 Å². The zero-order valence-corrected chi connectivity index (χ0v) is 55.3. The second kappa shape index (κ2) is 33.3. The SMILES string of the molecule is C/C=C1\C[C@H]2C=Nc3cc(OCc4cc(OCCN(C)CC(C)(C)SC5CC(=O)N(CCC(=O)CCCOCCOCCOCCOCCC(=O)ON6C(=O)CCC6=O)C5=O)cc(COc5cc6c(cc5OC)C(=O)N5C/C(=C/C)C[C@H]5C=N6)n4)c(OC)cc3C(=O)N2C1. The number of likely N-dealkylation sites (tertiary alicyclic amines) is 1. The van der Waals surface area contributed by atoms with Crippen LogP contribution in [0.5, 0.6) is 28.7 Å². The zero-order valence-electron chi connectivity index (χ0n) is 54.5. The molecular weight excluding hydrogens is 1240 g/mol. The first-order valence-corrected chi connectivity index (χ1v) is 32.6. The topological polar surface area (TPSA) is 283 Å². The molecule has 2 aromatic carbocycles. The lowest BCUT2D eigenvalue weighted by Gasteiger charge is -2.31. The largest absolute Gasteiger partial charge is 0.493 e. The number of Topliss-reactive ketones (excluding diaryl/α,β-unsaturated/α-hetero) is 1. The normalized spacial score (nSPS) is 19.3. The molecule has 0 aliphatic carbocycles. The zero-order chi connectivity index (χ0) is 66.9. The summed E-state index contributed by atoms with van der Waals surface area (Å²) in [5.41, 5.74) is 5.13. The number of imide groups is 2. The average Bonchev–Trinajstić information content (AvgIpc) is 1.64. The summed E-state index contributed by atoms with van der Waals surface area (Å²) in [6.07, 6.45) is 9.92. The maximum atomic E-state index is 13.8. The smallest absolute Gasteiger partial charge is 0.335 e. The number of benzene rings is 2. The maximum Gasteiger partial charge on any atom is 0.335 e. The maximum absolute atomic E-state index is 13.8. The average molecular weight is 1320 g/mol. The first-order valence-electron chi connectivity index (χ1n) is 31.7. The molecule has 0 bridgehead atoms. The van der Waals surface area contributed by atoms with Crippen LogP contribution in [-0.4, -0.2) is 225 Å². The molecule has 3 aromatic rings. The van der Waals surface area contributed by atoms with Crippen molar-refractivity contribution in [2.24, 2.45) is 9.98 Å². The number of aromatic nitrogens is 1. The molecule has 9 rings (SSSR count). The van der Waals surface area contributed by atoms with E-state index in [1.165, 1.54) is 42.0 Å². The molecule has 94 heavy (non-hydrogen) atoms. The van der Waals surface area contributed by atoms with Crippen LogP contribution in [0, 0.1) is 0 Å². The number of pyridine rings is 1. The fraction of sp³-hybridized carbons (Fsp3) is 0.537. The number of ether oxygens (including phenoxy) is 9. The Balaban J connectivity index is 0.714. The third kappa shape index (κ3) is 18.6. The lowest BCUT2D eigenvalue weighted by Crippen LogP contribution is -2.39. The molecule has 6 aliphatic heterocycles. The van der Waals surface area contributed by atoms with Crippen LogP contribution in [0.15, 0.2) is 69.7 Å². The Morgan fingerprint density at radius 3 is 1.67 bits per heavy atom. The number of allylic oxidation sites excluding steroid dienone is 2. The Labute approximate surface area is 551 Å². The van der Waals surface area contributed by atoms with Crippen LogP contribution in [0.4, 0.5) is 11.4 Å². The minimum absolute atomic E-state index is 0.0249. The highest BCUT2D eigenvalue weighted by Crippen LogP contribution is 2.42. The number of carbonyl (C=O) groups is 8. The number of hydroxylamine groups is 2. The standard InChI is InChI=1S/C67H84N8O18S/c1-8-43-27-47-36-68-53-33-57(55(84-6)31-51(53)64(81)73(47)38-43)91-40-45-29-50(30-46(70-45)41-92-58-34-54-52(32-56(58)85-7)65(82)74-39-44(9-2)28-48(74)37-69-54)90-20-17-71(5)42-67(3,4)94-59-35-62(79)72(66(59)83)16-14-49(76)11-10-18-86-21-23-88-25-26-89-24-22-87-19-15-63(80)93-75-60(77)12-13-61(75)78/h8-9,29-34,36-37,47-48,59H,10-28,35,38-42H2,1-7H3/b43-8+,44-9+/t47-,48-,59?/m0/s1. The van der Waals surface area contributed by atoms with E-state index in [0.29, 0.717) is 133 Å². The molecule has 0 radical (unpaired) electrons. The molecule has 7 heterocycles. The number of fused-ring (bicyclic) bond motifs is 4. The molecule has 26 nitrogen and oxygen atoms in total. The lowest BCUT2D eigenvalue weighted by atomic mass is 10.1. The van der Waals surface area contributed by atoms with Gasteiger partial charge in [0.15, 0.2) is 23.0 Å². The van der Waals surface area contributed by atoms with E-state index in [0.717, 1.165) is 12.8 Å². The van der Waals surface area contributed by atoms with Crippen LogP contribution in [0.25, 0.3) is 0 Å². The summed E-state index contributed by atoms with van der Waals surface area (Å²) < 4.78 is 52.2. The molecule has 6 amide bonds. The van der Waals surface area contributed by atoms with Crippen LogP contribution in [-0.2, 0) is 65.8 Å². The van der Waals surface area contributed by atoms with Crippen molar-refractivity contribution in [2.75, 3.05) is 113 Å². The van der Waals surface area contributed by atoms with Crippen molar-refractivity contribution < 1.29 is 85.8 Å². The quantitative estimate of drug-likeness (QED) is 0.0330. The predicted octanol–water partition coefficient (Wildman–Crippen LogP) is 6.76. The molecule has 0 saturated carbocycles. The molecule has 6 aliphatic rings. The van der Waals surface area contributed by atoms with E-state index < -0.39 is 27.8 Å². The molecule has 1 unspecified atom stereocenters. The molecule has 0 spiro atoms. The molecule has 3 atom stereocenters. The van der Waals surface area contributed by atoms with E-state index in [1.54, 1.807) is 36.4 Å². The summed E-state index contributed by atoms with van der Waals surface area (Å²) in [6.45, 7) is 12.5. The van der Waals surface area contributed by atoms with Crippen molar-refractivity contribution >= 4 is 82.8 Å². The first kappa shape index (κ1) is 70.2. The fourth-order valence-corrected chi connectivity index (χ4v) is 13.1. The Morgan fingerprint density at radius 1 is 0.628 bits per heavy atom. The van der Waals surface area contributed by atoms with Gasteiger partial charge in [-0.2, -0.15) is 0 Å². The van der Waals surface area contributed by atoms with Crippen LogP contribution < -0.4 is 23.7 Å². The molecule has 27 heteroatoms. The van der Waals surface area contributed by atoms with Crippen molar-refractivity contribution in [1.82, 2.24) is 29.6 Å². The van der Waals surface area contributed by atoms with Gasteiger partial charge in [0.25, 0.3) is 23.6 Å². The van der Waals surface area contributed by atoms with E-state index in [2.05, 4.69) is 4.90 Å². The number of hydrogen-bond acceptors (Lipinski definition) is 23. The minimum Gasteiger partial charge on any atom is -0.493 e. The Kier molecular flexibility index (Phi) is 24.9. The lowest BCUT2D eigenvalue weighted by molar-refractivity contribution is -0.198. The van der Waals surface area contributed by atoms with Gasteiger partial charge in [-0.1, -0.05) is 23.3 Å².